The summed E-state index contributed by atoms with van der Waals surface area (Å²) in [4.78, 5) is 27.3. The molecule has 0 saturated carbocycles. The third-order valence-electron chi connectivity index (χ3n) is 5.47. The molecule has 1 saturated heterocycles. The standard InChI is InChI=1S/C21H22N8O2/c22-19(31)14-4-1-5-15(10-14)27-11-17(23-13-27)24-20-26-21(25-18-7-3-9-29(18)20)28-8-2-6-16(28)12-30/h1,3-5,7,9-11,13,16,30H,2,6,8,12H2,(H2,22,31)(H,24,25,26)/t16-/m0/s1. The lowest BCUT2D eigenvalue weighted by atomic mass is 10.2. The number of nitrogens with one attached hydrogen (secondary N) is 1. The van der Waals surface area contributed by atoms with Crippen LogP contribution in [0.15, 0.2) is 55.1 Å². The van der Waals surface area contributed by atoms with E-state index in [-0.39, 0.29) is 12.6 Å². The first-order chi connectivity index (χ1) is 15.1. The molecule has 0 aliphatic carbocycles. The van der Waals surface area contributed by atoms with Gasteiger partial charge in [0.15, 0.2) is 5.82 Å². The molecule has 5 rings (SSSR count). The van der Waals surface area contributed by atoms with Gasteiger partial charge in [0.05, 0.1) is 18.8 Å². The Morgan fingerprint density at radius 3 is 3.00 bits per heavy atom. The fraction of sp³-hybridized carbons (Fsp3) is 0.238. The van der Waals surface area contributed by atoms with E-state index in [1.165, 1.54) is 0 Å². The van der Waals surface area contributed by atoms with Crippen molar-refractivity contribution < 1.29 is 9.90 Å². The van der Waals surface area contributed by atoms with E-state index < -0.39 is 5.91 Å². The Labute approximate surface area is 178 Å². The minimum absolute atomic E-state index is 0.0296. The third kappa shape index (κ3) is 3.57. The summed E-state index contributed by atoms with van der Waals surface area (Å²) in [7, 11) is 0. The number of hydrogen-bond donors (Lipinski definition) is 3. The van der Waals surface area contributed by atoms with Crippen molar-refractivity contribution >= 4 is 29.3 Å². The van der Waals surface area contributed by atoms with E-state index >= 15 is 0 Å². The van der Waals surface area contributed by atoms with Gasteiger partial charge in [-0.25, -0.2) is 4.98 Å². The smallest absolute Gasteiger partial charge is 0.248 e. The molecule has 4 heterocycles. The van der Waals surface area contributed by atoms with Crippen molar-refractivity contribution in [2.75, 3.05) is 23.4 Å². The van der Waals surface area contributed by atoms with Crippen LogP contribution in [0.25, 0.3) is 11.3 Å². The van der Waals surface area contributed by atoms with E-state index in [2.05, 4.69) is 15.3 Å². The number of carbonyl (C=O) groups is 1. The highest BCUT2D eigenvalue weighted by Crippen LogP contribution is 2.25. The van der Waals surface area contributed by atoms with Gasteiger partial charge in [0.1, 0.15) is 12.0 Å². The van der Waals surface area contributed by atoms with Gasteiger partial charge < -0.3 is 25.6 Å². The van der Waals surface area contributed by atoms with Crippen LogP contribution in [-0.4, -0.2) is 54.1 Å². The lowest BCUT2D eigenvalue weighted by Gasteiger charge is -2.23. The summed E-state index contributed by atoms with van der Waals surface area (Å²) in [5, 5.41) is 12.9. The average molecular weight is 418 g/mol. The van der Waals surface area contributed by atoms with Crippen LogP contribution in [0, 0.1) is 0 Å². The molecule has 1 aromatic carbocycles. The molecular weight excluding hydrogens is 396 g/mol. The molecular formula is C21H22N8O2. The van der Waals surface area contributed by atoms with Crippen LogP contribution < -0.4 is 16.0 Å². The van der Waals surface area contributed by atoms with E-state index in [1.54, 1.807) is 29.1 Å². The molecule has 1 atom stereocenters. The zero-order chi connectivity index (χ0) is 21.4. The predicted molar refractivity (Wildman–Crippen MR) is 116 cm³/mol. The van der Waals surface area contributed by atoms with Crippen LogP contribution in [0.1, 0.15) is 23.2 Å². The first kappa shape index (κ1) is 19.1. The number of anilines is 3. The van der Waals surface area contributed by atoms with Crippen LogP contribution in [0.3, 0.4) is 0 Å². The number of imidazole rings is 1. The van der Waals surface area contributed by atoms with Crippen LogP contribution in [-0.2, 0) is 0 Å². The number of rotatable bonds is 6. The topological polar surface area (TPSA) is 127 Å². The molecule has 10 heteroatoms. The number of primary amides is 1. The molecule has 158 valence electrons. The van der Waals surface area contributed by atoms with Gasteiger partial charge in [0.25, 0.3) is 0 Å². The summed E-state index contributed by atoms with van der Waals surface area (Å²) in [6.45, 7) is 0.888. The van der Waals surface area contributed by atoms with Gasteiger partial charge in [-0.15, -0.1) is 0 Å². The number of benzene rings is 1. The van der Waals surface area contributed by atoms with Gasteiger partial charge in [-0.1, -0.05) is 6.07 Å². The molecule has 0 radical (unpaired) electrons. The van der Waals surface area contributed by atoms with E-state index in [4.69, 9.17) is 10.7 Å². The van der Waals surface area contributed by atoms with Gasteiger partial charge in [0.2, 0.25) is 17.8 Å². The molecule has 1 amide bonds. The second-order valence-corrected chi connectivity index (χ2v) is 7.46. The number of carbonyl (C=O) groups excluding carboxylic acids is 1. The highest BCUT2D eigenvalue weighted by Gasteiger charge is 2.27. The number of hydrogen-bond acceptors (Lipinski definition) is 7. The molecule has 3 aromatic heterocycles. The second-order valence-electron chi connectivity index (χ2n) is 7.46. The minimum Gasteiger partial charge on any atom is -0.394 e. The van der Waals surface area contributed by atoms with Gasteiger partial charge in [-0.3, -0.25) is 9.20 Å². The number of nitrogens with two attached hydrogens (primary N) is 1. The maximum absolute atomic E-state index is 11.5. The Balaban J connectivity index is 1.47. The molecule has 10 nitrogen and oxygen atoms in total. The zero-order valence-electron chi connectivity index (χ0n) is 16.7. The third-order valence-corrected chi connectivity index (χ3v) is 5.47. The molecule has 4 N–H and O–H groups in total. The van der Waals surface area contributed by atoms with Crippen molar-refractivity contribution in [3.63, 3.8) is 0 Å². The highest BCUT2D eigenvalue weighted by molar-refractivity contribution is 5.93. The Morgan fingerprint density at radius 1 is 1.26 bits per heavy atom. The number of aromatic nitrogens is 5. The van der Waals surface area contributed by atoms with Crippen molar-refractivity contribution in [2.45, 2.75) is 18.9 Å². The monoisotopic (exact) mass is 418 g/mol. The summed E-state index contributed by atoms with van der Waals surface area (Å²) in [5.74, 6) is 1.26. The van der Waals surface area contributed by atoms with Crippen molar-refractivity contribution in [3.8, 4) is 5.69 Å². The Morgan fingerprint density at radius 2 is 2.16 bits per heavy atom. The Bertz CT molecular complexity index is 1250. The fourth-order valence-electron chi connectivity index (χ4n) is 3.89. The Hall–Kier alpha value is -3.92. The molecule has 31 heavy (non-hydrogen) atoms. The fourth-order valence-corrected chi connectivity index (χ4v) is 3.89. The van der Waals surface area contributed by atoms with Gasteiger partial charge >= 0.3 is 0 Å². The lowest BCUT2D eigenvalue weighted by molar-refractivity contribution is 0.1000. The van der Waals surface area contributed by atoms with Crippen LogP contribution in [0.2, 0.25) is 0 Å². The highest BCUT2D eigenvalue weighted by atomic mass is 16.3. The maximum atomic E-state index is 11.5. The largest absolute Gasteiger partial charge is 0.394 e. The summed E-state index contributed by atoms with van der Waals surface area (Å²) >= 11 is 0. The molecule has 0 spiro atoms. The maximum Gasteiger partial charge on any atom is 0.248 e. The first-order valence-corrected chi connectivity index (χ1v) is 10.1. The summed E-state index contributed by atoms with van der Waals surface area (Å²) in [6.07, 6.45) is 7.26. The van der Waals surface area contributed by atoms with Crippen molar-refractivity contribution in [1.82, 2.24) is 23.9 Å². The summed E-state index contributed by atoms with van der Waals surface area (Å²) in [5.41, 5.74) is 7.34. The van der Waals surface area contributed by atoms with E-state index in [1.807, 2.05) is 39.9 Å². The van der Waals surface area contributed by atoms with Crippen LogP contribution in [0.5, 0.6) is 0 Å². The molecule has 1 fully saturated rings. The van der Waals surface area contributed by atoms with Gasteiger partial charge in [-0.2, -0.15) is 9.97 Å². The predicted octanol–water partition coefficient (Wildman–Crippen LogP) is 1.72. The van der Waals surface area contributed by atoms with Crippen molar-refractivity contribution in [2.24, 2.45) is 5.73 Å². The number of nitrogens with zero attached hydrogens (tertiary/aromatic N) is 6. The number of amides is 1. The minimum atomic E-state index is -0.480. The zero-order valence-corrected chi connectivity index (χ0v) is 16.7. The van der Waals surface area contributed by atoms with E-state index in [9.17, 15) is 9.90 Å². The molecule has 1 aliphatic heterocycles. The quantitative estimate of drug-likeness (QED) is 0.435. The Kier molecular flexibility index (Phi) is 4.75. The summed E-state index contributed by atoms with van der Waals surface area (Å²) < 4.78 is 3.65. The van der Waals surface area contributed by atoms with Crippen molar-refractivity contribution in [1.29, 1.82) is 0 Å². The van der Waals surface area contributed by atoms with Crippen LogP contribution in [0.4, 0.5) is 17.7 Å². The van der Waals surface area contributed by atoms with E-state index in [0.717, 1.165) is 30.7 Å². The first-order valence-electron chi connectivity index (χ1n) is 10.1. The molecule has 0 unspecified atom stereocenters. The average Bonchev–Trinajstić information content (AvgIpc) is 3.53. The van der Waals surface area contributed by atoms with Gasteiger partial charge in [0, 0.05) is 24.0 Å². The molecule has 1 aliphatic rings. The number of fused-ring (bicyclic) bond motifs is 1. The second kappa shape index (κ2) is 7.73. The van der Waals surface area contributed by atoms with Gasteiger partial charge in [-0.05, 0) is 43.2 Å². The number of aliphatic hydroxyl groups is 1. The SMILES string of the molecule is NC(=O)c1cccc(-n2cnc(Nc3nc(N4CCC[C@H]4CO)nc4cccn34)c2)c1. The van der Waals surface area contributed by atoms with Crippen LogP contribution >= 0.6 is 0 Å². The van der Waals surface area contributed by atoms with Crippen molar-refractivity contribution in [3.05, 3.63) is 60.7 Å². The number of aliphatic hydroxyl groups excluding tert-OH is 1. The molecule has 0 bridgehead atoms. The normalized spacial score (nSPS) is 16.2. The molecule has 4 aromatic rings. The summed E-state index contributed by atoms with van der Waals surface area (Å²) in [6, 6.07) is 10.9. The van der Waals surface area contributed by atoms with E-state index in [0.29, 0.717) is 23.3 Å². The lowest BCUT2D eigenvalue weighted by Crippen LogP contribution is -2.33.